The first-order chi connectivity index (χ1) is 35.0. The topological polar surface area (TPSA) is 29.5 Å². The van der Waals surface area contributed by atoms with Gasteiger partial charge in [-0.25, -0.2) is 0 Å². The monoisotopic (exact) mass is 925 g/mol. The predicted octanol–water partition coefficient (Wildman–Crippen LogP) is 19.2. The van der Waals surface area contributed by atoms with Gasteiger partial charge in [0, 0.05) is 65.9 Å². The molecule has 3 aliphatic carbocycles. The molecule has 15 rings (SSSR count). The first kappa shape index (κ1) is 41.4. The fraction of sp³-hybridized carbons (Fsp3) is 0.130. The van der Waals surface area contributed by atoms with Crippen molar-refractivity contribution in [1.82, 2.24) is 0 Å². The highest BCUT2D eigenvalue weighted by molar-refractivity contribution is 6.19. The number of benzene rings is 10. The quantitative estimate of drug-likeness (QED) is 0.172. The minimum absolute atomic E-state index is 0.196. The van der Waals surface area contributed by atoms with E-state index in [0.29, 0.717) is 0 Å². The van der Waals surface area contributed by atoms with Gasteiger partial charge in [0.1, 0.15) is 22.3 Å². The summed E-state index contributed by atoms with van der Waals surface area (Å²) in [5.41, 5.74) is 26.7. The smallest absolute Gasteiger partial charge is 0.143 e. The van der Waals surface area contributed by atoms with Crippen LogP contribution in [0.3, 0.4) is 0 Å². The lowest BCUT2D eigenvalue weighted by atomic mass is 9.79. The standard InChI is InChI=1S/C69H51NO2/c1-67(2)53-34-33-47-46-24-14-17-27-60(46)71-65(47)63(53)52-39-56-51(38-57(52)67)45-31-29-42(35-54(45)68(56,3)4)70(59-26-16-13-23-44(59)40-19-9-7-10-20-40)43-30-32-48-55(36-43)69(5,6)58-37-50(41-21-11-8-12-22-41)66-64(62(48)58)49-25-15-18-28-61(49)72-66/h7-39H,1-6H3. The highest BCUT2D eigenvalue weighted by Crippen LogP contribution is 2.60. The molecule has 2 heterocycles. The zero-order valence-corrected chi connectivity index (χ0v) is 41.3. The molecule has 10 aromatic carbocycles. The molecule has 2 aromatic heterocycles. The first-order valence-corrected chi connectivity index (χ1v) is 25.4. The highest BCUT2D eigenvalue weighted by atomic mass is 16.3. The van der Waals surface area contributed by atoms with Crippen LogP contribution in [-0.4, -0.2) is 0 Å². The van der Waals surface area contributed by atoms with E-state index in [0.717, 1.165) is 55.9 Å². The van der Waals surface area contributed by atoms with E-state index >= 15 is 0 Å². The molecule has 0 N–H and O–H groups in total. The van der Waals surface area contributed by atoms with Crippen molar-refractivity contribution in [2.24, 2.45) is 0 Å². The zero-order chi connectivity index (χ0) is 48.4. The summed E-state index contributed by atoms with van der Waals surface area (Å²) in [6, 6.07) is 73.9. The molecule has 0 fully saturated rings. The number of rotatable bonds is 5. The van der Waals surface area contributed by atoms with E-state index in [4.69, 9.17) is 8.83 Å². The van der Waals surface area contributed by atoms with Gasteiger partial charge < -0.3 is 13.7 Å². The molecule has 0 atom stereocenters. The van der Waals surface area contributed by atoms with Crippen LogP contribution in [0.25, 0.3) is 99.5 Å². The van der Waals surface area contributed by atoms with E-state index in [1.807, 2.05) is 0 Å². The summed E-state index contributed by atoms with van der Waals surface area (Å²) in [4.78, 5) is 2.51. The Hall–Kier alpha value is -8.40. The molecule has 3 heteroatoms. The average molecular weight is 926 g/mol. The number of fused-ring (bicyclic) bond motifs is 17. The Balaban J connectivity index is 0.921. The van der Waals surface area contributed by atoms with E-state index in [-0.39, 0.29) is 16.2 Å². The van der Waals surface area contributed by atoms with Crippen LogP contribution in [0.15, 0.2) is 209 Å². The lowest BCUT2D eigenvalue weighted by Gasteiger charge is -2.31. The Labute approximate surface area is 419 Å². The van der Waals surface area contributed by atoms with Gasteiger partial charge in [-0.2, -0.15) is 0 Å². The molecule has 344 valence electrons. The summed E-state index contributed by atoms with van der Waals surface area (Å²) >= 11 is 0. The van der Waals surface area contributed by atoms with Crippen LogP contribution in [0.2, 0.25) is 0 Å². The number of furan rings is 2. The third-order valence-corrected chi connectivity index (χ3v) is 17.1. The summed E-state index contributed by atoms with van der Waals surface area (Å²) in [5, 5.41) is 4.68. The van der Waals surface area contributed by atoms with Gasteiger partial charge in [0.05, 0.1) is 5.69 Å². The summed E-state index contributed by atoms with van der Waals surface area (Å²) in [6.45, 7) is 14.4. The molecule has 0 spiro atoms. The van der Waals surface area contributed by atoms with Crippen molar-refractivity contribution in [3.05, 3.63) is 234 Å². The van der Waals surface area contributed by atoms with Crippen LogP contribution in [0.1, 0.15) is 74.9 Å². The largest absolute Gasteiger partial charge is 0.455 e. The zero-order valence-electron chi connectivity index (χ0n) is 41.3. The van der Waals surface area contributed by atoms with Crippen LogP contribution < -0.4 is 4.90 Å². The maximum absolute atomic E-state index is 6.82. The van der Waals surface area contributed by atoms with Gasteiger partial charge in [-0.15, -0.1) is 0 Å². The van der Waals surface area contributed by atoms with Gasteiger partial charge in [0.2, 0.25) is 0 Å². The molecule has 3 nitrogen and oxygen atoms in total. The first-order valence-electron chi connectivity index (χ1n) is 25.4. The van der Waals surface area contributed by atoms with E-state index in [1.165, 1.54) is 94.0 Å². The van der Waals surface area contributed by atoms with Crippen molar-refractivity contribution in [2.45, 2.75) is 57.8 Å². The molecule has 0 aliphatic heterocycles. The van der Waals surface area contributed by atoms with Crippen molar-refractivity contribution in [3.63, 3.8) is 0 Å². The second-order valence-corrected chi connectivity index (χ2v) is 22.0. The van der Waals surface area contributed by atoms with Crippen LogP contribution in [0.5, 0.6) is 0 Å². The Kier molecular flexibility index (Phi) is 8.26. The fourth-order valence-electron chi connectivity index (χ4n) is 13.4. The Morgan fingerprint density at radius 3 is 1.57 bits per heavy atom. The molecular weight excluding hydrogens is 875 g/mol. The second-order valence-electron chi connectivity index (χ2n) is 22.0. The summed E-state index contributed by atoms with van der Waals surface area (Å²) in [5.74, 6) is 0. The maximum Gasteiger partial charge on any atom is 0.143 e. The molecule has 12 aromatic rings. The Bertz CT molecular complexity index is 4300. The molecule has 0 unspecified atom stereocenters. The van der Waals surface area contributed by atoms with Gasteiger partial charge in [0.25, 0.3) is 0 Å². The third kappa shape index (κ3) is 5.46. The van der Waals surface area contributed by atoms with E-state index in [2.05, 4.69) is 247 Å². The average Bonchev–Trinajstić information content (AvgIpc) is 4.15. The SMILES string of the molecule is CC1(C)c2cc(N(c3ccc4c(c3)C(C)(C)c3cc(-c5ccccc5)c5oc6ccccc6c5c3-4)c3ccccc3-c3ccccc3)ccc2-c2cc3c(cc21)-c1c(ccc2c1oc1ccccc12)C3(C)C. The van der Waals surface area contributed by atoms with Crippen molar-refractivity contribution in [3.8, 4) is 55.6 Å². The predicted molar refractivity (Wildman–Crippen MR) is 299 cm³/mol. The number of nitrogens with zero attached hydrogens (tertiary/aromatic N) is 1. The summed E-state index contributed by atoms with van der Waals surface area (Å²) in [7, 11) is 0. The molecule has 0 radical (unpaired) electrons. The summed E-state index contributed by atoms with van der Waals surface area (Å²) in [6.07, 6.45) is 0. The number of anilines is 3. The Morgan fingerprint density at radius 1 is 0.319 bits per heavy atom. The van der Waals surface area contributed by atoms with E-state index in [1.54, 1.807) is 0 Å². The van der Waals surface area contributed by atoms with Crippen LogP contribution in [0, 0.1) is 0 Å². The van der Waals surface area contributed by atoms with Gasteiger partial charge in [-0.05, 0) is 133 Å². The molecule has 0 bridgehead atoms. The van der Waals surface area contributed by atoms with E-state index in [9.17, 15) is 0 Å². The highest BCUT2D eigenvalue weighted by Gasteiger charge is 2.44. The summed E-state index contributed by atoms with van der Waals surface area (Å²) < 4.78 is 13.6. The van der Waals surface area contributed by atoms with E-state index < -0.39 is 0 Å². The van der Waals surface area contributed by atoms with Gasteiger partial charge >= 0.3 is 0 Å². The molecule has 0 saturated carbocycles. The molecular formula is C69H51NO2. The number of hydrogen-bond donors (Lipinski definition) is 0. The second kappa shape index (κ2) is 14.4. The lowest BCUT2D eigenvalue weighted by molar-refractivity contribution is 0.649. The van der Waals surface area contributed by atoms with Crippen LogP contribution in [-0.2, 0) is 16.2 Å². The normalized spacial score (nSPS) is 15.1. The minimum Gasteiger partial charge on any atom is -0.455 e. The Morgan fingerprint density at radius 2 is 0.833 bits per heavy atom. The van der Waals surface area contributed by atoms with Crippen molar-refractivity contribution >= 4 is 60.9 Å². The third-order valence-electron chi connectivity index (χ3n) is 17.1. The molecule has 3 aliphatic rings. The van der Waals surface area contributed by atoms with Crippen LogP contribution in [0.4, 0.5) is 17.1 Å². The number of hydrogen-bond acceptors (Lipinski definition) is 3. The molecule has 0 amide bonds. The lowest BCUT2D eigenvalue weighted by Crippen LogP contribution is -2.18. The maximum atomic E-state index is 6.82. The molecule has 72 heavy (non-hydrogen) atoms. The number of para-hydroxylation sites is 3. The fourth-order valence-corrected chi connectivity index (χ4v) is 13.4. The van der Waals surface area contributed by atoms with Crippen molar-refractivity contribution < 1.29 is 8.83 Å². The minimum atomic E-state index is -0.316. The van der Waals surface area contributed by atoms with Crippen molar-refractivity contribution in [1.29, 1.82) is 0 Å². The van der Waals surface area contributed by atoms with Crippen LogP contribution >= 0.6 is 0 Å². The van der Waals surface area contributed by atoms with Gasteiger partial charge in [-0.3, -0.25) is 0 Å². The molecule has 0 saturated heterocycles. The van der Waals surface area contributed by atoms with Gasteiger partial charge in [0.15, 0.2) is 0 Å². The van der Waals surface area contributed by atoms with Gasteiger partial charge in [-0.1, -0.05) is 181 Å². The van der Waals surface area contributed by atoms with Crippen molar-refractivity contribution in [2.75, 3.05) is 4.90 Å².